The van der Waals surface area contributed by atoms with Crippen molar-refractivity contribution in [1.82, 2.24) is 16.0 Å². The monoisotopic (exact) mass is 427 g/mol. The van der Waals surface area contributed by atoms with E-state index in [1.54, 1.807) is 38.1 Å². The normalized spacial score (nSPS) is 11.7. The maximum absolute atomic E-state index is 11.9. The summed E-state index contributed by atoms with van der Waals surface area (Å²) >= 11 is 3.27. The van der Waals surface area contributed by atoms with Crippen LogP contribution in [0.15, 0.2) is 28.7 Å². The lowest BCUT2D eigenvalue weighted by atomic mass is 10.1. The van der Waals surface area contributed by atoms with Gasteiger partial charge >= 0.3 is 5.97 Å². The van der Waals surface area contributed by atoms with Crippen molar-refractivity contribution in [1.29, 1.82) is 0 Å². The molecule has 1 atom stereocenters. The molecule has 142 valence electrons. The van der Waals surface area contributed by atoms with Gasteiger partial charge in [0.1, 0.15) is 6.04 Å². The van der Waals surface area contributed by atoms with Gasteiger partial charge in [0, 0.05) is 10.0 Å². The van der Waals surface area contributed by atoms with Gasteiger partial charge in [0.15, 0.2) is 5.78 Å². The Balaban J connectivity index is 2.29. The van der Waals surface area contributed by atoms with Crippen LogP contribution in [0.5, 0.6) is 0 Å². The number of halogens is 1. The highest BCUT2D eigenvalue weighted by Gasteiger charge is 2.23. The Morgan fingerprint density at radius 1 is 1.00 bits per heavy atom. The van der Waals surface area contributed by atoms with E-state index in [1.807, 2.05) is 0 Å². The van der Waals surface area contributed by atoms with Gasteiger partial charge in [0.05, 0.1) is 19.6 Å². The third-order valence-corrected chi connectivity index (χ3v) is 3.96. The summed E-state index contributed by atoms with van der Waals surface area (Å²) in [5.41, 5.74) is 0.481. The van der Waals surface area contributed by atoms with Crippen molar-refractivity contribution in [2.24, 2.45) is 5.92 Å². The van der Waals surface area contributed by atoms with E-state index in [2.05, 4.69) is 31.9 Å². The van der Waals surface area contributed by atoms with Gasteiger partial charge < -0.3 is 15.7 Å². The molecule has 0 bridgehead atoms. The number of hydrogen-bond donors (Lipinski definition) is 4. The number of carbonyl (C=O) groups excluding carboxylic acids is 3. The second-order valence-corrected chi connectivity index (χ2v) is 6.85. The molecule has 0 heterocycles. The van der Waals surface area contributed by atoms with Gasteiger partial charge in [-0.05, 0) is 18.1 Å². The van der Waals surface area contributed by atoms with E-state index in [4.69, 9.17) is 5.11 Å². The van der Waals surface area contributed by atoms with Crippen molar-refractivity contribution >= 4 is 39.5 Å². The van der Waals surface area contributed by atoms with E-state index in [-0.39, 0.29) is 31.3 Å². The quantitative estimate of drug-likeness (QED) is 0.404. The van der Waals surface area contributed by atoms with Crippen LogP contribution < -0.4 is 16.0 Å². The molecule has 0 spiro atoms. The zero-order valence-corrected chi connectivity index (χ0v) is 16.1. The highest BCUT2D eigenvalue weighted by molar-refractivity contribution is 9.10. The van der Waals surface area contributed by atoms with Crippen molar-refractivity contribution in [2.45, 2.75) is 19.9 Å². The van der Waals surface area contributed by atoms with Crippen LogP contribution in [0.2, 0.25) is 0 Å². The summed E-state index contributed by atoms with van der Waals surface area (Å²) in [6.07, 6.45) is 0. The Hall–Kier alpha value is -2.26. The van der Waals surface area contributed by atoms with Crippen LogP contribution in [-0.2, 0) is 14.4 Å². The standard InChI is InChI=1S/C17H22BrN3O5/c1-10(2)16(17(25)26)21-15(24)9-19-8-14(23)20-7-13(22)11-3-5-12(18)6-4-11/h3-6,10,16,19H,7-9H2,1-2H3,(H,20,23)(H,21,24)(H,25,26). The van der Waals surface area contributed by atoms with Crippen molar-refractivity contribution in [3.63, 3.8) is 0 Å². The number of amides is 2. The largest absolute Gasteiger partial charge is 0.480 e. The van der Waals surface area contributed by atoms with E-state index in [1.165, 1.54) is 0 Å². The summed E-state index contributed by atoms with van der Waals surface area (Å²) in [6.45, 7) is 2.85. The molecule has 26 heavy (non-hydrogen) atoms. The number of carboxylic acid groups (broad SMARTS) is 1. The van der Waals surface area contributed by atoms with Crippen molar-refractivity contribution in [3.05, 3.63) is 34.3 Å². The maximum atomic E-state index is 11.9. The minimum absolute atomic E-state index is 0.150. The molecule has 1 aromatic rings. The molecule has 0 radical (unpaired) electrons. The number of ketones is 1. The highest BCUT2D eigenvalue weighted by atomic mass is 79.9. The molecule has 0 saturated carbocycles. The minimum Gasteiger partial charge on any atom is -0.480 e. The third-order valence-electron chi connectivity index (χ3n) is 3.43. The average molecular weight is 428 g/mol. The second kappa shape index (κ2) is 10.7. The Morgan fingerprint density at radius 2 is 1.58 bits per heavy atom. The van der Waals surface area contributed by atoms with Crippen LogP contribution in [-0.4, -0.2) is 54.3 Å². The Labute approximate surface area is 159 Å². The molecule has 0 aliphatic heterocycles. The molecule has 1 unspecified atom stereocenters. The van der Waals surface area contributed by atoms with Gasteiger partial charge in [0.2, 0.25) is 11.8 Å². The lowest BCUT2D eigenvalue weighted by Crippen LogP contribution is -2.48. The number of rotatable bonds is 10. The summed E-state index contributed by atoms with van der Waals surface area (Å²) in [5, 5.41) is 16.4. The lowest BCUT2D eigenvalue weighted by molar-refractivity contribution is -0.143. The summed E-state index contributed by atoms with van der Waals surface area (Å²) in [5.74, 6) is -2.57. The maximum Gasteiger partial charge on any atom is 0.326 e. The molecular formula is C17H22BrN3O5. The van der Waals surface area contributed by atoms with Gasteiger partial charge in [0.25, 0.3) is 0 Å². The highest BCUT2D eigenvalue weighted by Crippen LogP contribution is 2.10. The zero-order chi connectivity index (χ0) is 19.7. The van der Waals surface area contributed by atoms with Gasteiger partial charge in [-0.2, -0.15) is 0 Å². The number of carboxylic acids is 1. The van der Waals surface area contributed by atoms with Crippen molar-refractivity contribution in [2.75, 3.05) is 19.6 Å². The summed E-state index contributed by atoms with van der Waals surface area (Å²) in [4.78, 5) is 46.3. The minimum atomic E-state index is -1.11. The molecule has 1 rings (SSSR count). The van der Waals surface area contributed by atoms with Crippen LogP contribution in [0.25, 0.3) is 0 Å². The first-order chi connectivity index (χ1) is 12.2. The number of nitrogens with one attached hydrogen (secondary N) is 3. The van der Waals surface area contributed by atoms with Crippen LogP contribution in [0, 0.1) is 5.92 Å². The molecule has 4 N–H and O–H groups in total. The van der Waals surface area contributed by atoms with Gasteiger partial charge in [-0.15, -0.1) is 0 Å². The van der Waals surface area contributed by atoms with E-state index in [0.29, 0.717) is 5.56 Å². The molecular weight excluding hydrogens is 406 g/mol. The SMILES string of the molecule is CC(C)C(NC(=O)CNCC(=O)NCC(=O)c1ccc(Br)cc1)C(=O)O. The number of benzene rings is 1. The summed E-state index contributed by atoms with van der Waals surface area (Å²) in [7, 11) is 0. The zero-order valence-electron chi connectivity index (χ0n) is 14.5. The summed E-state index contributed by atoms with van der Waals surface area (Å²) < 4.78 is 0.850. The predicted octanol–water partition coefficient (Wildman–Crippen LogP) is 0.563. The van der Waals surface area contributed by atoms with Gasteiger partial charge in [-0.3, -0.25) is 19.7 Å². The Morgan fingerprint density at radius 3 is 2.12 bits per heavy atom. The topological polar surface area (TPSA) is 125 Å². The predicted molar refractivity (Wildman–Crippen MR) is 98.8 cm³/mol. The molecule has 2 amide bonds. The van der Waals surface area contributed by atoms with Crippen LogP contribution in [0.1, 0.15) is 24.2 Å². The molecule has 0 aliphatic rings. The van der Waals surface area contributed by atoms with E-state index >= 15 is 0 Å². The Bertz CT molecular complexity index is 661. The molecule has 1 aromatic carbocycles. The number of hydrogen-bond acceptors (Lipinski definition) is 5. The third kappa shape index (κ3) is 7.75. The molecule has 0 aromatic heterocycles. The van der Waals surface area contributed by atoms with E-state index < -0.39 is 23.8 Å². The number of aliphatic carboxylic acids is 1. The first kappa shape index (κ1) is 21.8. The van der Waals surface area contributed by atoms with Gasteiger partial charge in [-0.1, -0.05) is 41.9 Å². The second-order valence-electron chi connectivity index (χ2n) is 5.94. The summed E-state index contributed by atoms with van der Waals surface area (Å²) in [6, 6.07) is 5.78. The van der Waals surface area contributed by atoms with Crippen LogP contribution in [0.3, 0.4) is 0 Å². The first-order valence-electron chi connectivity index (χ1n) is 7.99. The Kier molecular flexibility index (Phi) is 8.94. The van der Waals surface area contributed by atoms with Gasteiger partial charge in [-0.25, -0.2) is 4.79 Å². The lowest BCUT2D eigenvalue weighted by Gasteiger charge is -2.17. The average Bonchev–Trinajstić information content (AvgIpc) is 2.57. The van der Waals surface area contributed by atoms with Crippen LogP contribution >= 0.6 is 15.9 Å². The van der Waals surface area contributed by atoms with E-state index in [9.17, 15) is 19.2 Å². The molecule has 8 nitrogen and oxygen atoms in total. The molecule has 0 fully saturated rings. The van der Waals surface area contributed by atoms with Crippen molar-refractivity contribution in [3.8, 4) is 0 Å². The van der Waals surface area contributed by atoms with E-state index in [0.717, 1.165) is 4.47 Å². The number of carbonyl (C=O) groups is 4. The molecule has 0 aliphatic carbocycles. The first-order valence-corrected chi connectivity index (χ1v) is 8.78. The molecule has 0 saturated heterocycles. The number of Topliss-reactive ketones (excluding diaryl/α,β-unsaturated/α-hetero) is 1. The van der Waals surface area contributed by atoms with Crippen LogP contribution in [0.4, 0.5) is 0 Å². The fourth-order valence-electron chi connectivity index (χ4n) is 2.01. The fraction of sp³-hybridized carbons (Fsp3) is 0.412. The smallest absolute Gasteiger partial charge is 0.326 e. The van der Waals surface area contributed by atoms with Crippen molar-refractivity contribution < 1.29 is 24.3 Å². The fourth-order valence-corrected chi connectivity index (χ4v) is 2.27. The molecule has 9 heteroatoms.